The Balaban J connectivity index is 1.31. The lowest BCUT2D eigenvalue weighted by Gasteiger charge is -2.35. The zero-order valence-electron chi connectivity index (χ0n) is 35.7. The summed E-state index contributed by atoms with van der Waals surface area (Å²) >= 11 is 0. The van der Waals surface area contributed by atoms with Gasteiger partial charge in [0.05, 0.1) is 28.4 Å². The van der Waals surface area contributed by atoms with Gasteiger partial charge in [0.2, 0.25) is 0 Å². The van der Waals surface area contributed by atoms with E-state index in [1.165, 1.54) is 74.9 Å². The molecule has 1 aliphatic rings. The molecule has 0 saturated heterocycles. The first-order chi connectivity index (χ1) is 29.8. The fraction of sp³-hybridized carbons (Fsp3) is 0.127. The van der Waals surface area contributed by atoms with Crippen LogP contribution in [0.4, 0.5) is 0 Å². The molecule has 0 unspecified atom stereocenters. The lowest BCUT2D eigenvalue weighted by Crippen LogP contribution is -2.74. The minimum absolute atomic E-state index is 0.832. The first-order valence-electron chi connectivity index (χ1n) is 20.8. The Morgan fingerprint density at radius 3 is 0.770 bits per heavy atom. The van der Waals surface area contributed by atoms with Crippen molar-refractivity contribution in [2.24, 2.45) is 0 Å². The van der Waals surface area contributed by atoms with Crippen LogP contribution in [0.2, 0.25) is 0 Å². The molecule has 1 aliphatic carbocycles. The summed E-state index contributed by atoms with van der Waals surface area (Å²) in [6.07, 6.45) is 0.888. The van der Waals surface area contributed by atoms with Gasteiger partial charge in [0.15, 0.2) is 16.1 Å². The highest BCUT2D eigenvalue weighted by atomic mass is 28.3. The molecule has 0 amide bonds. The molecule has 302 valence electrons. The Hall–Kier alpha value is -6.61. The van der Waals surface area contributed by atoms with Gasteiger partial charge in [-0.1, -0.05) is 145 Å². The van der Waals surface area contributed by atoms with E-state index in [2.05, 4.69) is 196 Å². The van der Waals surface area contributed by atoms with E-state index in [9.17, 15) is 0 Å². The Morgan fingerprint density at radius 2 is 0.525 bits per heavy atom. The molecule has 0 heterocycles. The molecule has 0 aliphatic heterocycles. The molecule has 0 fully saturated rings. The van der Waals surface area contributed by atoms with Crippen molar-refractivity contribution >= 4 is 57.6 Å². The molecule has 8 aromatic rings. The maximum absolute atomic E-state index is 5.70. The van der Waals surface area contributed by atoms with Crippen LogP contribution in [0, 0.1) is 13.8 Å². The van der Waals surface area contributed by atoms with Gasteiger partial charge in [0.1, 0.15) is 23.0 Å². The van der Waals surface area contributed by atoms with Crippen LogP contribution in [-0.4, -0.2) is 44.6 Å². The van der Waals surface area contributed by atoms with Gasteiger partial charge in [-0.05, 0) is 133 Å². The number of methoxy groups -OCH3 is 4. The summed E-state index contributed by atoms with van der Waals surface area (Å²) in [4.78, 5) is 0. The molecule has 6 heteroatoms. The molecule has 0 radical (unpaired) electrons. The molecular weight excluding hydrogens is 781 g/mol. The van der Waals surface area contributed by atoms with E-state index in [1.54, 1.807) is 28.4 Å². The smallest absolute Gasteiger partial charge is 0.179 e. The van der Waals surface area contributed by atoms with Crippen molar-refractivity contribution in [2.75, 3.05) is 28.4 Å². The van der Waals surface area contributed by atoms with Crippen molar-refractivity contribution < 1.29 is 18.9 Å². The van der Waals surface area contributed by atoms with Gasteiger partial charge in [-0.15, -0.1) is 0 Å². The first-order valence-corrected chi connectivity index (χ1v) is 24.8. The zero-order chi connectivity index (χ0) is 42.1. The van der Waals surface area contributed by atoms with Gasteiger partial charge in [0.25, 0.3) is 0 Å². The van der Waals surface area contributed by atoms with E-state index in [4.69, 9.17) is 18.9 Å². The van der Waals surface area contributed by atoms with Crippen molar-refractivity contribution in [1.29, 1.82) is 0 Å². The number of hydrogen-bond donors (Lipinski definition) is 0. The van der Waals surface area contributed by atoms with Gasteiger partial charge in [-0.3, -0.25) is 0 Å². The third kappa shape index (κ3) is 6.86. The zero-order valence-corrected chi connectivity index (χ0v) is 37.7. The van der Waals surface area contributed by atoms with E-state index >= 15 is 0 Å². The minimum Gasteiger partial charge on any atom is -0.497 e. The second-order valence-corrected chi connectivity index (χ2v) is 23.7. The molecule has 0 N–H and O–H groups in total. The number of aryl methyl sites for hydroxylation is 2. The molecule has 4 nitrogen and oxygen atoms in total. The van der Waals surface area contributed by atoms with E-state index in [0.717, 1.165) is 29.4 Å². The topological polar surface area (TPSA) is 36.9 Å². The van der Waals surface area contributed by atoms with Gasteiger partial charge >= 0.3 is 0 Å². The van der Waals surface area contributed by atoms with Gasteiger partial charge in [-0.2, -0.15) is 0 Å². The number of ether oxygens (including phenoxy) is 4. The minimum atomic E-state index is -2.97. The average Bonchev–Trinajstić information content (AvgIpc) is 3.69. The van der Waals surface area contributed by atoms with Crippen LogP contribution in [-0.2, 0) is 6.42 Å². The van der Waals surface area contributed by atoms with E-state index in [1.807, 2.05) is 0 Å². The number of fused-ring (bicyclic) bond motifs is 3. The highest BCUT2D eigenvalue weighted by molar-refractivity contribution is 7.20. The molecule has 61 heavy (non-hydrogen) atoms. The molecule has 0 bridgehead atoms. The van der Waals surface area contributed by atoms with E-state index in [-0.39, 0.29) is 0 Å². The van der Waals surface area contributed by atoms with Crippen molar-refractivity contribution in [3.05, 3.63) is 204 Å². The van der Waals surface area contributed by atoms with Crippen LogP contribution in [0.1, 0.15) is 22.3 Å². The molecule has 0 spiro atoms. The Morgan fingerprint density at radius 1 is 0.295 bits per heavy atom. The van der Waals surface area contributed by atoms with E-state index < -0.39 is 16.1 Å². The van der Waals surface area contributed by atoms with Crippen LogP contribution in [0.3, 0.4) is 0 Å². The molecule has 8 aromatic carbocycles. The Kier molecular flexibility index (Phi) is 10.7. The summed E-state index contributed by atoms with van der Waals surface area (Å²) in [5.41, 5.74) is 7.80. The number of hydrogen-bond acceptors (Lipinski definition) is 4. The average molecular weight is 831 g/mol. The van der Waals surface area contributed by atoms with Crippen LogP contribution in [0.5, 0.6) is 23.0 Å². The predicted octanol–water partition coefficient (Wildman–Crippen LogP) is 6.66. The van der Waals surface area contributed by atoms with Crippen LogP contribution in [0.15, 0.2) is 182 Å². The molecule has 0 atom stereocenters. The molecule has 0 aromatic heterocycles. The van der Waals surface area contributed by atoms with Crippen LogP contribution in [0.25, 0.3) is 11.1 Å². The second kappa shape index (κ2) is 16.4. The maximum atomic E-state index is 5.70. The van der Waals surface area contributed by atoms with Crippen molar-refractivity contribution in [2.45, 2.75) is 20.3 Å². The number of rotatable bonds is 12. The largest absolute Gasteiger partial charge is 0.497 e. The van der Waals surface area contributed by atoms with Crippen LogP contribution < -0.4 is 60.4 Å². The number of benzene rings is 8. The molecule has 0 saturated carbocycles. The summed E-state index contributed by atoms with van der Waals surface area (Å²) in [5.74, 6) is 3.35. The second-order valence-electron chi connectivity index (χ2n) is 16.1. The lowest BCUT2D eigenvalue weighted by atomic mass is 10.1. The lowest BCUT2D eigenvalue weighted by molar-refractivity contribution is 0.415. The first kappa shape index (κ1) is 39.8. The molecule has 9 rings (SSSR count). The van der Waals surface area contributed by atoms with Crippen molar-refractivity contribution in [1.82, 2.24) is 0 Å². The van der Waals surface area contributed by atoms with Crippen LogP contribution >= 0.6 is 0 Å². The quantitative estimate of drug-likeness (QED) is 0.102. The summed E-state index contributed by atoms with van der Waals surface area (Å²) < 4.78 is 22.8. The fourth-order valence-corrected chi connectivity index (χ4v) is 19.0. The Bertz CT molecular complexity index is 2640. The third-order valence-corrected chi connectivity index (χ3v) is 22.4. The maximum Gasteiger partial charge on any atom is 0.179 e. The highest BCUT2D eigenvalue weighted by Crippen LogP contribution is 2.36. The summed E-state index contributed by atoms with van der Waals surface area (Å²) in [6, 6.07) is 68.2. The monoisotopic (exact) mass is 830 g/mol. The third-order valence-electron chi connectivity index (χ3n) is 12.8. The summed E-state index contributed by atoms with van der Waals surface area (Å²) in [5, 5.41) is 10.5. The van der Waals surface area contributed by atoms with Gasteiger partial charge in [-0.25, -0.2) is 0 Å². The fourth-order valence-electron chi connectivity index (χ4n) is 9.61. The Labute approximate surface area is 362 Å². The normalized spacial score (nSPS) is 12.0. The SMILES string of the molecule is COc1ccc([Si](c2ccc(C)cc2)(c2ccc(C)cc2)c2ccc3c(c2)-c2cc([Si](c4ccc(OC)cc4)(c4ccc(OC)cc4)c4ccc(OC)cc4)ccc2C3)cc1. The van der Waals surface area contributed by atoms with E-state index in [0.29, 0.717) is 0 Å². The molecular formula is C55H50O4Si2. The predicted molar refractivity (Wildman–Crippen MR) is 258 cm³/mol. The summed E-state index contributed by atoms with van der Waals surface area (Å²) in [7, 11) is 1.08. The van der Waals surface area contributed by atoms with Gasteiger partial charge in [0, 0.05) is 0 Å². The van der Waals surface area contributed by atoms with Crippen molar-refractivity contribution in [3.63, 3.8) is 0 Å². The highest BCUT2D eigenvalue weighted by Gasteiger charge is 2.44. The van der Waals surface area contributed by atoms with Gasteiger partial charge < -0.3 is 18.9 Å². The van der Waals surface area contributed by atoms with Crippen molar-refractivity contribution in [3.8, 4) is 34.1 Å². The summed E-state index contributed by atoms with van der Waals surface area (Å²) in [6.45, 7) is 4.34. The standard InChI is InChI=1S/C55H50O4Si2/c1-38-7-21-46(22-8-38)60(47-23-9-39(2)10-24-47,48-27-13-42(56-3)14-28-48)52-25-11-40-35-41-12-26-53(37-55(41)54(40)36-52)61(49-29-15-43(57-4)16-30-49,50-31-17-44(58-5)18-32-50)51-33-19-45(59-6)20-34-51/h7-34,36-37H,35H2,1-6H3.